The molecule has 5 rings (SSSR count). The van der Waals surface area contributed by atoms with Crippen molar-refractivity contribution in [3.05, 3.63) is 71.7 Å². The Morgan fingerprint density at radius 1 is 0.933 bits per heavy atom. The van der Waals surface area contributed by atoms with Crippen molar-refractivity contribution in [3.63, 3.8) is 0 Å². The molecule has 13 nitrogen and oxygen atoms in total. The number of amides is 4. The number of fused-ring (bicyclic) bond motifs is 2. The molecule has 0 saturated carbocycles. The second-order valence-electron chi connectivity index (χ2n) is 11.5. The van der Waals surface area contributed by atoms with Gasteiger partial charge in [-0.1, -0.05) is 30.3 Å². The Morgan fingerprint density at radius 3 is 2.47 bits per heavy atom. The predicted octanol–water partition coefficient (Wildman–Crippen LogP) is 0.550. The van der Waals surface area contributed by atoms with Crippen LogP contribution in [0.25, 0.3) is 11.3 Å². The predicted molar refractivity (Wildman–Crippen MR) is 166 cm³/mol. The van der Waals surface area contributed by atoms with E-state index in [1.54, 1.807) is 19.2 Å². The van der Waals surface area contributed by atoms with Gasteiger partial charge in [-0.05, 0) is 44.5 Å². The maximum absolute atomic E-state index is 13.8. The summed E-state index contributed by atoms with van der Waals surface area (Å²) < 4.78 is 6.19. The molecule has 0 spiro atoms. The lowest BCUT2D eigenvalue weighted by Gasteiger charge is -2.38. The molecule has 4 heterocycles. The maximum atomic E-state index is 13.8. The molecule has 236 valence electrons. The number of hydrogen-bond donors (Lipinski definition) is 3. The van der Waals surface area contributed by atoms with Crippen molar-refractivity contribution in [1.29, 1.82) is 0 Å². The van der Waals surface area contributed by atoms with Gasteiger partial charge in [0.2, 0.25) is 23.7 Å². The van der Waals surface area contributed by atoms with Crippen LogP contribution in [0.3, 0.4) is 0 Å². The summed E-state index contributed by atoms with van der Waals surface area (Å²) in [7, 11) is 1.49. The Bertz CT molecular complexity index is 1570. The molecular weight excluding hydrogens is 576 g/mol. The van der Waals surface area contributed by atoms with Gasteiger partial charge in [0, 0.05) is 49.7 Å². The van der Waals surface area contributed by atoms with Crippen molar-refractivity contribution in [2.75, 3.05) is 38.1 Å². The summed E-state index contributed by atoms with van der Waals surface area (Å²) in [5.74, 6) is -1.47. The third-order valence-corrected chi connectivity index (χ3v) is 7.82. The first-order valence-corrected chi connectivity index (χ1v) is 14.9. The summed E-state index contributed by atoms with van der Waals surface area (Å²) in [5.41, 5.74) is 4.12. The number of aromatic nitrogens is 3. The first-order valence-electron chi connectivity index (χ1n) is 14.9. The molecule has 2 fully saturated rings. The highest BCUT2D eigenvalue weighted by Gasteiger charge is 2.37. The van der Waals surface area contributed by atoms with Crippen LogP contribution in [0.5, 0.6) is 0 Å². The van der Waals surface area contributed by atoms with Gasteiger partial charge in [0.25, 0.3) is 5.91 Å². The number of pyridine rings is 1. The van der Waals surface area contributed by atoms with Crippen LogP contribution in [0, 0.1) is 13.8 Å². The number of likely N-dealkylation sites (N-methyl/N-ethyl adjacent to an activating group) is 1. The summed E-state index contributed by atoms with van der Waals surface area (Å²) >= 11 is 0. The van der Waals surface area contributed by atoms with E-state index in [9.17, 15) is 19.2 Å². The lowest BCUT2D eigenvalue weighted by Crippen LogP contribution is -2.59. The fraction of sp³-hybridized carbons (Fsp3) is 0.406. The Balaban J connectivity index is 1.45. The maximum Gasteiger partial charge on any atom is 0.251 e. The van der Waals surface area contributed by atoms with Gasteiger partial charge in [-0.15, -0.1) is 0 Å². The molecule has 3 N–H and O–H groups in total. The number of carbonyl (C=O) groups is 4. The van der Waals surface area contributed by atoms with Gasteiger partial charge in [-0.2, -0.15) is 0 Å². The lowest BCUT2D eigenvalue weighted by molar-refractivity contribution is -0.143. The van der Waals surface area contributed by atoms with Crippen molar-refractivity contribution in [2.45, 2.75) is 51.5 Å². The van der Waals surface area contributed by atoms with Gasteiger partial charge >= 0.3 is 0 Å². The van der Waals surface area contributed by atoms with Crippen molar-refractivity contribution >= 4 is 29.6 Å². The molecule has 2 aromatic heterocycles. The summed E-state index contributed by atoms with van der Waals surface area (Å²) in [5, 5.41) is 8.32. The zero-order valence-corrected chi connectivity index (χ0v) is 25.8. The zero-order chi connectivity index (χ0) is 32.1. The smallest absolute Gasteiger partial charge is 0.251 e. The van der Waals surface area contributed by atoms with Gasteiger partial charge in [0.15, 0.2) is 6.10 Å². The van der Waals surface area contributed by atoms with Crippen molar-refractivity contribution in [3.8, 4) is 11.3 Å². The van der Waals surface area contributed by atoms with E-state index in [0.29, 0.717) is 11.6 Å². The van der Waals surface area contributed by atoms with Gasteiger partial charge < -0.3 is 30.5 Å². The van der Waals surface area contributed by atoms with E-state index >= 15 is 0 Å². The number of aryl methyl sites for hydroxylation is 2. The highest BCUT2D eigenvalue weighted by atomic mass is 16.5. The molecule has 2 aliphatic heterocycles. The molecule has 45 heavy (non-hydrogen) atoms. The first-order chi connectivity index (χ1) is 21.6. The highest BCUT2D eigenvalue weighted by Crippen LogP contribution is 2.24. The van der Waals surface area contributed by atoms with E-state index in [1.165, 1.54) is 11.9 Å². The van der Waals surface area contributed by atoms with E-state index in [1.807, 2.05) is 61.2 Å². The number of morpholine rings is 1. The average molecular weight is 615 g/mol. The minimum Gasteiger partial charge on any atom is -0.360 e. The average Bonchev–Trinajstić information content (AvgIpc) is 3.02. The number of hydrogen-bond acceptors (Lipinski definition) is 9. The quantitative estimate of drug-likeness (QED) is 0.382. The fourth-order valence-electron chi connectivity index (χ4n) is 5.46. The van der Waals surface area contributed by atoms with Crippen molar-refractivity contribution in [1.82, 2.24) is 35.8 Å². The molecular formula is C32H38N8O5. The van der Waals surface area contributed by atoms with E-state index in [2.05, 4.69) is 25.9 Å². The Labute approximate surface area is 261 Å². The van der Waals surface area contributed by atoms with Crippen molar-refractivity contribution in [2.24, 2.45) is 0 Å². The molecule has 2 bridgehead atoms. The van der Waals surface area contributed by atoms with E-state index in [0.717, 1.165) is 22.5 Å². The number of ether oxygens (including phenoxy) is 1. The van der Waals surface area contributed by atoms with Gasteiger partial charge in [0.1, 0.15) is 12.1 Å². The molecule has 4 atom stereocenters. The standard InChI is InChI=1S/C32H38N8O5/c1-19-10-11-24(20(2)35-19)25-12-13-33-32(38-25)40-16-23-15-34-29(42)21(3)36-28(41)18-39(4)31(44)26(14-22-8-6-5-7-9-22)37-30(43)27(17-40)45-23/h5-13,21,23,26-27H,14-18H2,1-4H3,(H,34,42)(H,36,41)(H,37,43)/t21-,23+,26-,27-/m1/s1. The molecule has 0 aliphatic carbocycles. The monoisotopic (exact) mass is 614 g/mol. The summed E-state index contributed by atoms with van der Waals surface area (Å²) in [6.45, 7) is 5.61. The Morgan fingerprint density at radius 2 is 1.71 bits per heavy atom. The fourth-order valence-corrected chi connectivity index (χ4v) is 5.46. The van der Waals surface area contributed by atoms with E-state index in [4.69, 9.17) is 9.72 Å². The molecule has 3 aromatic rings. The van der Waals surface area contributed by atoms with Crippen LogP contribution in [-0.4, -0.2) is 101 Å². The van der Waals surface area contributed by atoms with Crippen LogP contribution in [0.4, 0.5) is 5.95 Å². The minimum atomic E-state index is -1.01. The van der Waals surface area contributed by atoms with Gasteiger partial charge in [-0.3, -0.25) is 24.2 Å². The van der Waals surface area contributed by atoms with Gasteiger partial charge in [-0.25, -0.2) is 9.97 Å². The zero-order valence-electron chi connectivity index (χ0n) is 25.8. The molecule has 1 aromatic carbocycles. The van der Waals surface area contributed by atoms with Crippen LogP contribution >= 0.6 is 0 Å². The van der Waals surface area contributed by atoms with Crippen molar-refractivity contribution < 1.29 is 23.9 Å². The SMILES string of the molecule is Cc1ccc(-c2ccnc(N3C[C@@H]4CNC(=O)[C@@H](C)NC(=O)CN(C)C(=O)[C@@H](Cc5ccccc5)NC(=O)[C@@H](C3)O4)n2)c(C)n1. The second-order valence-corrected chi connectivity index (χ2v) is 11.5. The largest absolute Gasteiger partial charge is 0.360 e. The van der Waals surface area contributed by atoms with E-state index < -0.39 is 47.9 Å². The molecule has 13 heteroatoms. The van der Waals surface area contributed by atoms with Crippen LogP contribution in [-0.2, 0) is 30.3 Å². The Kier molecular flexibility index (Phi) is 9.67. The minimum absolute atomic E-state index is 0.0757. The van der Waals surface area contributed by atoms with Gasteiger partial charge in [0.05, 0.1) is 24.9 Å². The molecule has 4 amide bonds. The number of nitrogens with zero attached hydrogens (tertiary/aromatic N) is 5. The number of anilines is 1. The Hall–Kier alpha value is -4.91. The summed E-state index contributed by atoms with van der Waals surface area (Å²) in [6, 6.07) is 13.2. The van der Waals surface area contributed by atoms with Crippen LogP contribution in [0.2, 0.25) is 0 Å². The molecule has 2 saturated heterocycles. The topological polar surface area (TPSA) is 159 Å². The molecule has 0 unspecified atom stereocenters. The number of nitrogens with one attached hydrogen (secondary N) is 3. The van der Waals surface area contributed by atoms with E-state index in [-0.39, 0.29) is 32.6 Å². The molecule has 2 aliphatic rings. The summed E-state index contributed by atoms with van der Waals surface area (Å²) in [6.07, 6.45) is 0.243. The highest BCUT2D eigenvalue weighted by molar-refractivity contribution is 5.93. The molecule has 0 radical (unpaired) electrons. The van der Waals surface area contributed by atoms with Crippen LogP contribution in [0.1, 0.15) is 23.9 Å². The number of benzene rings is 1. The van der Waals surface area contributed by atoms with Crippen LogP contribution < -0.4 is 20.9 Å². The third-order valence-electron chi connectivity index (χ3n) is 7.82. The normalized spacial score (nSPS) is 23.4. The van der Waals surface area contributed by atoms with Crippen LogP contribution in [0.15, 0.2) is 54.7 Å². The number of rotatable bonds is 4. The first kappa shape index (κ1) is 31.5. The lowest BCUT2D eigenvalue weighted by atomic mass is 10.0. The summed E-state index contributed by atoms with van der Waals surface area (Å²) in [4.78, 5) is 69.8. The third kappa shape index (κ3) is 7.79. The second kappa shape index (κ2) is 13.8. The number of carbonyl (C=O) groups excluding carboxylic acids is 4.